The molecule has 0 radical (unpaired) electrons. The highest BCUT2D eigenvalue weighted by Crippen LogP contribution is 2.34. The quantitative estimate of drug-likeness (QED) is 0.866. The van der Waals surface area contributed by atoms with Gasteiger partial charge in [-0.3, -0.25) is 4.68 Å². The van der Waals surface area contributed by atoms with Crippen LogP contribution in [0, 0.1) is 13.8 Å². The zero-order valence-corrected chi connectivity index (χ0v) is 14.7. The van der Waals surface area contributed by atoms with E-state index in [0.717, 1.165) is 49.0 Å². The molecule has 0 bridgehead atoms. The van der Waals surface area contributed by atoms with Crippen LogP contribution in [0.25, 0.3) is 0 Å². The molecule has 0 aromatic carbocycles. The Morgan fingerprint density at radius 2 is 1.87 bits per heavy atom. The van der Waals surface area contributed by atoms with Crippen LogP contribution in [-0.4, -0.2) is 45.3 Å². The van der Waals surface area contributed by atoms with E-state index in [4.69, 9.17) is 5.10 Å². The largest absolute Gasteiger partial charge is 0.332 e. The van der Waals surface area contributed by atoms with Gasteiger partial charge in [-0.25, -0.2) is 9.97 Å². The van der Waals surface area contributed by atoms with Gasteiger partial charge in [0, 0.05) is 31.5 Å². The summed E-state index contributed by atoms with van der Waals surface area (Å²) < 4.78 is 1.99. The Balaban J connectivity index is 1.89. The van der Waals surface area contributed by atoms with E-state index >= 15 is 0 Å². The van der Waals surface area contributed by atoms with Crippen molar-refractivity contribution in [3.63, 3.8) is 0 Å². The van der Waals surface area contributed by atoms with Crippen LogP contribution in [0.2, 0.25) is 0 Å². The molecule has 0 unspecified atom stereocenters. The molecule has 6 heteroatoms. The highest BCUT2D eigenvalue weighted by molar-refractivity contribution is 5.38. The molecule has 1 fully saturated rings. The lowest BCUT2D eigenvalue weighted by molar-refractivity contribution is 0.387. The normalized spacial score (nSPS) is 18.2. The molecule has 124 valence electrons. The van der Waals surface area contributed by atoms with Crippen molar-refractivity contribution in [2.75, 3.05) is 25.5 Å². The minimum atomic E-state index is 0.276. The lowest BCUT2D eigenvalue weighted by Gasteiger charge is -2.23. The van der Waals surface area contributed by atoms with Crippen LogP contribution >= 0.6 is 0 Å². The van der Waals surface area contributed by atoms with E-state index in [2.05, 4.69) is 39.9 Å². The minimum Gasteiger partial charge on any atom is -0.332 e. The molecule has 1 aliphatic rings. The fourth-order valence-corrected chi connectivity index (χ4v) is 3.31. The number of aryl methyl sites for hydroxylation is 3. The maximum absolute atomic E-state index is 4.76. The molecule has 1 atom stereocenters. The summed E-state index contributed by atoms with van der Waals surface area (Å²) in [5, 5.41) is 4.76. The molecule has 6 nitrogen and oxygen atoms in total. The van der Waals surface area contributed by atoms with Crippen molar-refractivity contribution in [2.24, 2.45) is 7.05 Å². The third-order valence-electron chi connectivity index (χ3n) is 4.30. The molecule has 0 saturated carbocycles. The van der Waals surface area contributed by atoms with Gasteiger partial charge in [-0.15, -0.1) is 0 Å². The molecule has 3 heterocycles. The van der Waals surface area contributed by atoms with Gasteiger partial charge >= 0.3 is 0 Å². The minimum absolute atomic E-state index is 0.276. The molecular formula is C17H26N6. The van der Waals surface area contributed by atoms with Gasteiger partial charge < -0.3 is 9.80 Å². The second-order valence-corrected chi connectivity index (χ2v) is 6.72. The molecule has 3 rings (SSSR count). The summed E-state index contributed by atoms with van der Waals surface area (Å²) in [4.78, 5) is 13.8. The molecule has 0 spiro atoms. The maximum Gasteiger partial charge on any atom is 0.226 e. The fourth-order valence-electron chi connectivity index (χ4n) is 3.31. The van der Waals surface area contributed by atoms with Gasteiger partial charge in [-0.2, -0.15) is 5.10 Å². The number of anilines is 1. The van der Waals surface area contributed by atoms with E-state index in [1.54, 1.807) is 0 Å². The average Bonchev–Trinajstić information content (AvgIpc) is 3.04. The summed E-state index contributed by atoms with van der Waals surface area (Å²) in [6.45, 7) is 5.95. The molecule has 1 aliphatic heterocycles. The highest BCUT2D eigenvalue weighted by Gasteiger charge is 2.30. The van der Waals surface area contributed by atoms with E-state index in [-0.39, 0.29) is 6.04 Å². The molecule has 0 aliphatic carbocycles. The van der Waals surface area contributed by atoms with Gasteiger partial charge in [-0.1, -0.05) is 0 Å². The van der Waals surface area contributed by atoms with Gasteiger partial charge in [0.1, 0.15) is 0 Å². The van der Waals surface area contributed by atoms with Crippen LogP contribution in [-0.2, 0) is 13.6 Å². The van der Waals surface area contributed by atoms with Crippen molar-refractivity contribution in [1.29, 1.82) is 0 Å². The number of nitrogens with zero attached hydrogens (tertiary/aromatic N) is 6. The first-order chi connectivity index (χ1) is 10.9. The smallest absolute Gasteiger partial charge is 0.226 e. The lowest BCUT2D eigenvalue weighted by Crippen LogP contribution is -2.25. The van der Waals surface area contributed by atoms with Gasteiger partial charge in [-0.05, 0) is 52.9 Å². The predicted octanol–water partition coefficient (Wildman–Crippen LogP) is 2.23. The number of aromatic nitrogens is 4. The second-order valence-electron chi connectivity index (χ2n) is 6.72. The first-order valence-corrected chi connectivity index (χ1v) is 8.20. The van der Waals surface area contributed by atoms with E-state index in [1.807, 2.05) is 31.6 Å². The first kappa shape index (κ1) is 15.9. The van der Waals surface area contributed by atoms with Crippen LogP contribution in [0.3, 0.4) is 0 Å². The van der Waals surface area contributed by atoms with Crippen molar-refractivity contribution in [1.82, 2.24) is 24.6 Å². The van der Waals surface area contributed by atoms with Gasteiger partial charge in [0.25, 0.3) is 0 Å². The van der Waals surface area contributed by atoms with Gasteiger partial charge in [0.2, 0.25) is 5.95 Å². The summed E-state index contributed by atoms with van der Waals surface area (Å²) in [7, 11) is 6.19. The van der Waals surface area contributed by atoms with Crippen LogP contribution in [0.4, 0.5) is 5.95 Å². The van der Waals surface area contributed by atoms with Crippen molar-refractivity contribution < 1.29 is 0 Å². The summed E-state index contributed by atoms with van der Waals surface area (Å²) in [6, 6.07) is 4.52. The Hall–Kier alpha value is -1.95. The molecule has 23 heavy (non-hydrogen) atoms. The van der Waals surface area contributed by atoms with Crippen molar-refractivity contribution in [3.05, 3.63) is 34.9 Å². The number of hydrogen-bond acceptors (Lipinski definition) is 5. The molecule has 2 aromatic heterocycles. The van der Waals surface area contributed by atoms with Crippen LogP contribution in [0.5, 0.6) is 0 Å². The molecule has 0 N–H and O–H groups in total. The van der Waals surface area contributed by atoms with Crippen LogP contribution < -0.4 is 4.90 Å². The summed E-state index contributed by atoms with van der Waals surface area (Å²) in [6.07, 6.45) is 2.26. The predicted molar refractivity (Wildman–Crippen MR) is 91.4 cm³/mol. The topological polar surface area (TPSA) is 50.1 Å². The Labute approximate surface area is 138 Å². The maximum atomic E-state index is 4.76. The van der Waals surface area contributed by atoms with Crippen molar-refractivity contribution in [2.45, 2.75) is 39.3 Å². The Kier molecular flexibility index (Phi) is 4.35. The number of rotatable bonds is 4. The van der Waals surface area contributed by atoms with Crippen molar-refractivity contribution in [3.8, 4) is 0 Å². The van der Waals surface area contributed by atoms with E-state index in [1.165, 1.54) is 5.69 Å². The Morgan fingerprint density at radius 1 is 1.17 bits per heavy atom. The van der Waals surface area contributed by atoms with E-state index in [9.17, 15) is 0 Å². The lowest BCUT2D eigenvalue weighted by atomic mass is 10.1. The molecular weight excluding hydrogens is 288 g/mol. The Morgan fingerprint density at radius 3 is 2.52 bits per heavy atom. The van der Waals surface area contributed by atoms with Gasteiger partial charge in [0.05, 0.1) is 17.4 Å². The second kappa shape index (κ2) is 6.28. The summed E-state index contributed by atoms with van der Waals surface area (Å²) >= 11 is 0. The first-order valence-electron chi connectivity index (χ1n) is 8.20. The standard InChI is InChI=1S/C17H26N6/c1-12-9-13(2)19-17(18-12)23-8-6-7-16(23)15-10-14(11-21(3)4)22(5)20-15/h9-10,16H,6-8,11H2,1-5H3/t16-/m0/s1. The van der Waals surface area contributed by atoms with E-state index in [0.29, 0.717) is 0 Å². The zero-order chi connectivity index (χ0) is 16.6. The Bertz CT molecular complexity index is 670. The summed E-state index contributed by atoms with van der Waals surface area (Å²) in [5.74, 6) is 0.838. The summed E-state index contributed by atoms with van der Waals surface area (Å²) in [5.41, 5.74) is 4.41. The third kappa shape index (κ3) is 3.37. The zero-order valence-electron chi connectivity index (χ0n) is 14.7. The van der Waals surface area contributed by atoms with Crippen LogP contribution in [0.15, 0.2) is 12.1 Å². The monoisotopic (exact) mass is 314 g/mol. The number of hydrogen-bond donors (Lipinski definition) is 0. The highest BCUT2D eigenvalue weighted by atomic mass is 15.3. The molecule has 0 amide bonds. The van der Waals surface area contributed by atoms with Gasteiger partial charge in [0.15, 0.2) is 0 Å². The van der Waals surface area contributed by atoms with E-state index < -0.39 is 0 Å². The van der Waals surface area contributed by atoms with Crippen LogP contribution in [0.1, 0.15) is 41.7 Å². The van der Waals surface area contributed by atoms with Crippen molar-refractivity contribution >= 4 is 5.95 Å². The molecule has 2 aromatic rings. The molecule has 1 saturated heterocycles. The average molecular weight is 314 g/mol. The third-order valence-corrected chi connectivity index (χ3v) is 4.30. The fraction of sp³-hybridized carbons (Fsp3) is 0.588. The SMILES string of the molecule is Cc1cc(C)nc(N2CCC[C@H]2c2cc(CN(C)C)n(C)n2)n1.